The topological polar surface area (TPSA) is 49.4 Å². The number of carbonyl (C=O) groups excluding carboxylic acids is 2. The summed E-state index contributed by atoms with van der Waals surface area (Å²) in [4.78, 5) is 27.8. The summed E-state index contributed by atoms with van der Waals surface area (Å²) in [6.07, 6.45) is 8.74. The number of nitrogens with zero attached hydrogens (tertiary/aromatic N) is 1. The fourth-order valence-electron chi connectivity index (χ4n) is 3.90. The van der Waals surface area contributed by atoms with Crippen LogP contribution in [0.3, 0.4) is 0 Å². The van der Waals surface area contributed by atoms with E-state index in [9.17, 15) is 9.59 Å². The summed E-state index contributed by atoms with van der Waals surface area (Å²) >= 11 is 0. The van der Waals surface area contributed by atoms with E-state index in [2.05, 4.69) is 11.4 Å². The van der Waals surface area contributed by atoms with Gasteiger partial charge in [-0.15, -0.1) is 0 Å². The van der Waals surface area contributed by atoms with Crippen molar-refractivity contribution in [2.24, 2.45) is 11.8 Å². The van der Waals surface area contributed by atoms with E-state index in [0.29, 0.717) is 12.8 Å². The Hall–Kier alpha value is -2.10. The SMILES string of the molecule is Cc1ccc(NC(=O)C2CC=CCC2C(=O)N2CCCCC2)c(C)c1. The van der Waals surface area contributed by atoms with Gasteiger partial charge in [-0.3, -0.25) is 9.59 Å². The maximum Gasteiger partial charge on any atom is 0.228 e. The molecule has 0 spiro atoms. The summed E-state index contributed by atoms with van der Waals surface area (Å²) in [6.45, 7) is 5.71. The first-order valence-electron chi connectivity index (χ1n) is 9.38. The molecule has 1 saturated heterocycles. The van der Waals surface area contributed by atoms with Gasteiger partial charge in [-0.25, -0.2) is 0 Å². The van der Waals surface area contributed by atoms with Crippen LogP contribution >= 0.6 is 0 Å². The number of nitrogens with one attached hydrogen (secondary N) is 1. The van der Waals surface area contributed by atoms with E-state index in [-0.39, 0.29) is 23.7 Å². The zero-order chi connectivity index (χ0) is 17.8. The number of likely N-dealkylation sites (tertiary alicyclic amines) is 1. The molecule has 2 atom stereocenters. The van der Waals surface area contributed by atoms with Gasteiger partial charge in [0.2, 0.25) is 11.8 Å². The fourth-order valence-corrected chi connectivity index (χ4v) is 3.90. The van der Waals surface area contributed by atoms with Crippen LogP contribution in [0.2, 0.25) is 0 Å². The van der Waals surface area contributed by atoms with Gasteiger partial charge in [0.05, 0.1) is 11.8 Å². The quantitative estimate of drug-likeness (QED) is 0.850. The first kappa shape index (κ1) is 17.7. The normalized spacial score (nSPS) is 23.4. The predicted octanol–water partition coefficient (Wildman–Crippen LogP) is 3.84. The highest BCUT2D eigenvalue weighted by atomic mass is 16.2. The number of hydrogen-bond donors (Lipinski definition) is 1. The van der Waals surface area contributed by atoms with E-state index in [1.807, 2.05) is 43.0 Å². The Kier molecular flexibility index (Phi) is 5.57. The van der Waals surface area contributed by atoms with Gasteiger partial charge in [0.15, 0.2) is 0 Å². The number of anilines is 1. The zero-order valence-electron chi connectivity index (χ0n) is 15.3. The van der Waals surface area contributed by atoms with Crippen molar-refractivity contribution in [1.82, 2.24) is 4.90 Å². The van der Waals surface area contributed by atoms with Gasteiger partial charge >= 0.3 is 0 Å². The van der Waals surface area contributed by atoms with Crippen molar-refractivity contribution in [3.05, 3.63) is 41.5 Å². The molecule has 1 aliphatic carbocycles. The summed E-state index contributed by atoms with van der Waals surface area (Å²) in [5.41, 5.74) is 3.07. The van der Waals surface area contributed by atoms with Gasteiger partial charge in [-0.1, -0.05) is 29.8 Å². The Morgan fingerprint density at radius 3 is 2.36 bits per heavy atom. The van der Waals surface area contributed by atoms with Crippen LogP contribution in [0.25, 0.3) is 0 Å². The molecule has 2 aliphatic rings. The molecule has 3 rings (SSSR count). The second-order valence-corrected chi connectivity index (χ2v) is 7.35. The second kappa shape index (κ2) is 7.85. The molecule has 4 nitrogen and oxygen atoms in total. The average Bonchev–Trinajstić information content (AvgIpc) is 2.64. The van der Waals surface area contributed by atoms with E-state index < -0.39 is 0 Å². The minimum Gasteiger partial charge on any atom is -0.342 e. The van der Waals surface area contributed by atoms with Gasteiger partial charge in [0.25, 0.3) is 0 Å². The van der Waals surface area contributed by atoms with Crippen LogP contribution < -0.4 is 5.32 Å². The third kappa shape index (κ3) is 4.12. The molecule has 0 radical (unpaired) electrons. The van der Waals surface area contributed by atoms with Crippen LogP contribution in [0.5, 0.6) is 0 Å². The van der Waals surface area contributed by atoms with Crippen molar-refractivity contribution < 1.29 is 9.59 Å². The first-order chi connectivity index (χ1) is 12.1. The highest BCUT2D eigenvalue weighted by molar-refractivity contribution is 5.97. The highest BCUT2D eigenvalue weighted by Gasteiger charge is 2.36. The molecule has 2 unspecified atom stereocenters. The van der Waals surface area contributed by atoms with E-state index in [1.54, 1.807) is 0 Å². The Bertz CT molecular complexity index is 674. The molecule has 1 fully saturated rings. The average molecular weight is 340 g/mol. The number of aryl methyl sites for hydroxylation is 2. The van der Waals surface area contributed by atoms with Gasteiger partial charge < -0.3 is 10.2 Å². The lowest BCUT2D eigenvalue weighted by molar-refractivity contribution is -0.141. The summed E-state index contributed by atoms with van der Waals surface area (Å²) in [7, 11) is 0. The molecule has 1 N–H and O–H groups in total. The zero-order valence-corrected chi connectivity index (χ0v) is 15.3. The Labute approximate surface area is 150 Å². The van der Waals surface area contributed by atoms with Crippen LogP contribution in [0.15, 0.2) is 30.4 Å². The lowest BCUT2D eigenvalue weighted by Gasteiger charge is -2.34. The molecule has 0 bridgehead atoms. The highest BCUT2D eigenvalue weighted by Crippen LogP contribution is 2.30. The smallest absolute Gasteiger partial charge is 0.228 e. The molecule has 4 heteroatoms. The molecular formula is C21H28N2O2. The van der Waals surface area contributed by atoms with Crippen molar-refractivity contribution >= 4 is 17.5 Å². The van der Waals surface area contributed by atoms with Crippen LogP contribution in [0.1, 0.15) is 43.2 Å². The van der Waals surface area contributed by atoms with Gasteiger partial charge in [-0.05, 0) is 57.6 Å². The maximum absolute atomic E-state index is 12.9. The Morgan fingerprint density at radius 1 is 1.00 bits per heavy atom. The van der Waals surface area contributed by atoms with E-state index in [1.165, 1.54) is 12.0 Å². The number of piperidine rings is 1. The van der Waals surface area contributed by atoms with Crippen molar-refractivity contribution in [2.75, 3.05) is 18.4 Å². The Morgan fingerprint density at radius 2 is 1.68 bits per heavy atom. The number of allylic oxidation sites excluding steroid dienone is 2. The predicted molar refractivity (Wildman–Crippen MR) is 100 cm³/mol. The second-order valence-electron chi connectivity index (χ2n) is 7.35. The van der Waals surface area contributed by atoms with E-state index >= 15 is 0 Å². The monoisotopic (exact) mass is 340 g/mol. The molecular weight excluding hydrogens is 312 g/mol. The van der Waals surface area contributed by atoms with Crippen LogP contribution in [0.4, 0.5) is 5.69 Å². The van der Waals surface area contributed by atoms with Crippen molar-refractivity contribution in [3.8, 4) is 0 Å². The number of hydrogen-bond acceptors (Lipinski definition) is 2. The Balaban J connectivity index is 1.72. The molecule has 1 aromatic rings. The third-order valence-electron chi connectivity index (χ3n) is 5.39. The lowest BCUT2D eigenvalue weighted by Crippen LogP contribution is -2.45. The van der Waals surface area contributed by atoms with Crippen LogP contribution in [-0.4, -0.2) is 29.8 Å². The molecule has 25 heavy (non-hydrogen) atoms. The molecule has 0 aromatic heterocycles. The van der Waals surface area contributed by atoms with Crippen LogP contribution in [-0.2, 0) is 9.59 Å². The summed E-state index contributed by atoms with van der Waals surface area (Å²) < 4.78 is 0. The summed E-state index contributed by atoms with van der Waals surface area (Å²) in [6, 6.07) is 6.01. The van der Waals surface area contributed by atoms with Gasteiger partial charge in [-0.2, -0.15) is 0 Å². The standard InChI is InChI=1S/C21H28N2O2/c1-15-10-11-19(16(2)14-15)22-20(24)17-8-4-5-9-18(17)21(25)23-12-6-3-7-13-23/h4-5,10-11,14,17-18H,3,6-9,12-13H2,1-2H3,(H,22,24). The van der Waals surface area contributed by atoms with Gasteiger partial charge in [0, 0.05) is 18.8 Å². The molecule has 2 amide bonds. The molecule has 1 aliphatic heterocycles. The third-order valence-corrected chi connectivity index (χ3v) is 5.39. The van der Waals surface area contributed by atoms with E-state index in [0.717, 1.165) is 37.2 Å². The van der Waals surface area contributed by atoms with Crippen molar-refractivity contribution in [1.29, 1.82) is 0 Å². The van der Waals surface area contributed by atoms with E-state index in [4.69, 9.17) is 0 Å². The largest absolute Gasteiger partial charge is 0.342 e. The number of benzene rings is 1. The fraction of sp³-hybridized carbons (Fsp3) is 0.524. The molecule has 1 heterocycles. The number of rotatable bonds is 3. The summed E-state index contributed by atoms with van der Waals surface area (Å²) in [5, 5.41) is 3.05. The minimum atomic E-state index is -0.278. The van der Waals surface area contributed by atoms with Crippen LogP contribution in [0, 0.1) is 25.7 Å². The number of amides is 2. The number of carbonyl (C=O) groups is 2. The molecule has 0 saturated carbocycles. The van der Waals surface area contributed by atoms with Crippen molar-refractivity contribution in [2.45, 2.75) is 46.0 Å². The first-order valence-corrected chi connectivity index (χ1v) is 9.38. The van der Waals surface area contributed by atoms with Crippen molar-refractivity contribution in [3.63, 3.8) is 0 Å². The lowest BCUT2D eigenvalue weighted by atomic mass is 9.81. The van der Waals surface area contributed by atoms with Gasteiger partial charge in [0.1, 0.15) is 0 Å². The maximum atomic E-state index is 12.9. The summed E-state index contributed by atoms with van der Waals surface area (Å²) in [5.74, 6) is -0.384. The minimum absolute atomic E-state index is 0.0355. The molecule has 134 valence electrons. The molecule has 1 aromatic carbocycles.